The molecule has 0 saturated heterocycles. The Kier molecular flexibility index (Phi) is 5.26. The van der Waals surface area contributed by atoms with Crippen molar-refractivity contribution in [3.8, 4) is 11.3 Å². The van der Waals surface area contributed by atoms with Crippen molar-refractivity contribution in [2.75, 3.05) is 7.11 Å². The topological polar surface area (TPSA) is 94.3 Å². The molecular weight excluding hydrogens is 382 g/mol. The number of aromatic nitrogens is 2. The van der Waals surface area contributed by atoms with Gasteiger partial charge in [0.15, 0.2) is 0 Å². The number of amides is 1. The van der Waals surface area contributed by atoms with Gasteiger partial charge in [0.2, 0.25) is 0 Å². The number of carbonyl (C=O) groups is 2. The smallest absolute Gasteiger partial charge is 0.337 e. The van der Waals surface area contributed by atoms with Crippen LogP contribution in [0.2, 0.25) is 0 Å². The number of nitrogens with one attached hydrogen (secondary N) is 1. The second-order valence-corrected chi connectivity index (χ2v) is 6.74. The number of nitrogens with zero attached hydrogens (tertiary/aromatic N) is 2. The summed E-state index contributed by atoms with van der Waals surface area (Å²) in [6.07, 6.45) is 0. The van der Waals surface area contributed by atoms with Gasteiger partial charge in [0.05, 0.1) is 35.0 Å². The minimum absolute atomic E-state index is 0.261. The third kappa shape index (κ3) is 3.77. The number of rotatable bonds is 5. The van der Waals surface area contributed by atoms with Gasteiger partial charge in [0, 0.05) is 12.1 Å². The summed E-state index contributed by atoms with van der Waals surface area (Å²) >= 11 is 0. The molecule has 0 aliphatic rings. The molecule has 0 fully saturated rings. The molecule has 0 radical (unpaired) electrons. The van der Waals surface area contributed by atoms with Gasteiger partial charge in [0.1, 0.15) is 0 Å². The van der Waals surface area contributed by atoms with Crippen molar-refractivity contribution < 1.29 is 18.8 Å². The number of carbonyl (C=O) groups excluding carboxylic acids is 2. The molecule has 0 unspecified atom stereocenters. The molecule has 2 aromatic heterocycles. The van der Waals surface area contributed by atoms with E-state index in [4.69, 9.17) is 9.26 Å². The van der Waals surface area contributed by atoms with Crippen molar-refractivity contribution in [1.29, 1.82) is 0 Å². The molecule has 7 nitrogen and oxygen atoms in total. The fraction of sp³-hybridized carbons (Fsp3) is 0.130. The molecule has 0 aliphatic carbocycles. The maximum atomic E-state index is 13.0. The molecule has 4 rings (SSSR count). The van der Waals surface area contributed by atoms with Crippen LogP contribution in [-0.4, -0.2) is 29.1 Å². The van der Waals surface area contributed by atoms with Gasteiger partial charge >= 0.3 is 5.97 Å². The maximum Gasteiger partial charge on any atom is 0.337 e. The highest BCUT2D eigenvalue weighted by Crippen LogP contribution is 2.27. The molecule has 4 aromatic rings. The van der Waals surface area contributed by atoms with Gasteiger partial charge in [-0.25, -0.2) is 9.78 Å². The third-order valence-corrected chi connectivity index (χ3v) is 4.76. The van der Waals surface area contributed by atoms with E-state index < -0.39 is 5.97 Å². The second kappa shape index (κ2) is 8.16. The number of hydrogen-bond acceptors (Lipinski definition) is 6. The van der Waals surface area contributed by atoms with Gasteiger partial charge in [-0.1, -0.05) is 47.6 Å². The van der Waals surface area contributed by atoms with Crippen LogP contribution >= 0.6 is 0 Å². The Labute approximate surface area is 172 Å². The first-order valence-electron chi connectivity index (χ1n) is 9.34. The van der Waals surface area contributed by atoms with Gasteiger partial charge in [-0.05, 0) is 30.7 Å². The number of hydrogen-bond donors (Lipinski definition) is 1. The van der Waals surface area contributed by atoms with E-state index in [2.05, 4.69) is 15.5 Å². The van der Waals surface area contributed by atoms with Crippen molar-refractivity contribution >= 4 is 23.0 Å². The van der Waals surface area contributed by atoms with Crippen LogP contribution in [0.15, 0.2) is 65.2 Å². The Bertz CT molecular complexity index is 1210. The molecule has 30 heavy (non-hydrogen) atoms. The second-order valence-electron chi connectivity index (χ2n) is 6.74. The molecule has 0 aliphatic heterocycles. The lowest BCUT2D eigenvalue weighted by Crippen LogP contribution is -2.23. The Hall–Kier alpha value is -4.00. The molecule has 0 atom stereocenters. The summed E-state index contributed by atoms with van der Waals surface area (Å²) in [6, 6.07) is 18.2. The lowest BCUT2D eigenvalue weighted by atomic mass is 10.0. The van der Waals surface area contributed by atoms with Crippen LogP contribution in [0.3, 0.4) is 0 Å². The van der Waals surface area contributed by atoms with Crippen LogP contribution in [0.1, 0.15) is 32.0 Å². The van der Waals surface area contributed by atoms with Crippen LogP contribution in [0.25, 0.3) is 22.4 Å². The molecular formula is C23H19N3O4. The summed E-state index contributed by atoms with van der Waals surface area (Å²) in [5, 5.41) is 7.47. The first-order valence-corrected chi connectivity index (χ1v) is 9.34. The van der Waals surface area contributed by atoms with Crippen LogP contribution in [-0.2, 0) is 11.3 Å². The highest BCUT2D eigenvalue weighted by molar-refractivity contribution is 6.07. The molecule has 1 N–H and O–H groups in total. The largest absolute Gasteiger partial charge is 0.465 e. The number of ether oxygens (including phenoxy) is 1. The summed E-state index contributed by atoms with van der Waals surface area (Å²) in [5.41, 5.74) is 4.19. The van der Waals surface area contributed by atoms with Crippen LogP contribution < -0.4 is 5.32 Å². The molecule has 0 spiro atoms. The molecule has 2 heterocycles. The highest BCUT2D eigenvalue weighted by atomic mass is 16.5. The van der Waals surface area contributed by atoms with E-state index in [0.29, 0.717) is 40.2 Å². The zero-order chi connectivity index (χ0) is 21.1. The predicted octanol–water partition coefficient (Wildman–Crippen LogP) is 3.91. The van der Waals surface area contributed by atoms with E-state index in [9.17, 15) is 9.59 Å². The summed E-state index contributed by atoms with van der Waals surface area (Å²) < 4.78 is 10.0. The number of esters is 1. The van der Waals surface area contributed by atoms with Crippen LogP contribution in [0, 0.1) is 6.92 Å². The van der Waals surface area contributed by atoms with Gasteiger partial charge < -0.3 is 14.6 Å². The lowest BCUT2D eigenvalue weighted by molar-refractivity contribution is 0.0600. The SMILES string of the molecule is COC(=O)c1ccc(CNC(=O)c2cc(-c3ccccc3)nc3onc(C)c23)cc1. The molecule has 0 saturated carbocycles. The zero-order valence-electron chi connectivity index (χ0n) is 16.5. The Balaban J connectivity index is 1.61. The van der Waals surface area contributed by atoms with Crippen molar-refractivity contribution in [3.05, 3.63) is 83.0 Å². The van der Waals surface area contributed by atoms with E-state index in [1.165, 1.54) is 7.11 Å². The lowest BCUT2D eigenvalue weighted by Gasteiger charge is -2.09. The molecule has 0 bridgehead atoms. The van der Waals surface area contributed by atoms with E-state index >= 15 is 0 Å². The van der Waals surface area contributed by atoms with Crippen LogP contribution in [0.4, 0.5) is 0 Å². The summed E-state index contributed by atoms with van der Waals surface area (Å²) in [4.78, 5) is 29.1. The normalized spacial score (nSPS) is 10.7. The third-order valence-electron chi connectivity index (χ3n) is 4.76. The zero-order valence-corrected chi connectivity index (χ0v) is 16.5. The average Bonchev–Trinajstić information content (AvgIpc) is 3.18. The summed E-state index contributed by atoms with van der Waals surface area (Å²) in [7, 11) is 1.34. The fourth-order valence-electron chi connectivity index (χ4n) is 3.18. The number of methoxy groups -OCH3 is 1. The first-order chi connectivity index (χ1) is 14.6. The van der Waals surface area contributed by atoms with E-state index in [0.717, 1.165) is 11.1 Å². The number of aryl methyl sites for hydroxylation is 1. The van der Waals surface area contributed by atoms with E-state index in [1.54, 1.807) is 37.3 Å². The van der Waals surface area contributed by atoms with E-state index in [-0.39, 0.29) is 5.91 Å². The quantitative estimate of drug-likeness (QED) is 0.510. The van der Waals surface area contributed by atoms with Crippen molar-refractivity contribution in [1.82, 2.24) is 15.5 Å². The van der Waals surface area contributed by atoms with Gasteiger partial charge in [0.25, 0.3) is 11.6 Å². The summed E-state index contributed by atoms with van der Waals surface area (Å²) in [5.74, 6) is -0.663. The summed E-state index contributed by atoms with van der Waals surface area (Å²) in [6.45, 7) is 2.08. The number of benzene rings is 2. The maximum absolute atomic E-state index is 13.0. The number of fused-ring (bicyclic) bond motifs is 1. The van der Waals surface area contributed by atoms with Gasteiger partial charge in [-0.2, -0.15) is 0 Å². The molecule has 1 amide bonds. The standard InChI is InChI=1S/C23H19N3O4/c1-14-20-18(12-19(25-22(20)30-26-14)16-6-4-3-5-7-16)21(27)24-13-15-8-10-17(11-9-15)23(28)29-2/h3-12H,13H2,1-2H3,(H,24,27). The minimum atomic E-state index is -0.402. The van der Waals surface area contributed by atoms with Crippen LogP contribution in [0.5, 0.6) is 0 Å². The fourth-order valence-corrected chi connectivity index (χ4v) is 3.18. The van der Waals surface area contributed by atoms with Gasteiger partial charge in [-0.3, -0.25) is 4.79 Å². The molecule has 150 valence electrons. The van der Waals surface area contributed by atoms with E-state index in [1.807, 2.05) is 30.3 Å². The first kappa shape index (κ1) is 19.3. The van der Waals surface area contributed by atoms with Gasteiger partial charge in [-0.15, -0.1) is 0 Å². The van der Waals surface area contributed by atoms with Crippen molar-refractivity contribution in [2.24, 2.45) is 0 Å². The highest BCUT2D eigenvalue weighted by Gasteiger charge is 2.19. The Morgan fingerprint density at radius 2 is 1.80 bits per heavy atom. The van der Waals surface area contributed by atoms with Crippen molar-refractivity contribution in [2.45, 2.75) is 13.5 Å². The average molecular weight is 401 g/mol. The number of pyridine rings is 1. The Morgan fingerprint density at radius 3 is 2.50 bits per heavy atom. The molecule has 7 heteroatoms. The van der Waals surface area contributed by atoms with Crippen molar-refractivity contribution in [3.63, 3.8) is 0 Å². The predicted molar refractivity (Wildman–Crippen MR) is 111 cm³/mol. The Morgan fingerprint density at radius 1 is 1.07 bits per heavy atom. The minimum Gasteiger partial charge on any atom is -0.465 e. The monoisotopic (exact) mass is 401 g/mol. The molecule has 2 aromatic carbocycles.